The van der Waals surface area contributed by atoms with Crippen molar-refractivity contribution in [2.75, 3.05) is 24.6 Å². The van der Waals surface area contributed by atoms with Crippen LogP contribution in [0, 0.1) is 12.8 Å². The van der Waals surface area contributed by atoms with Gasteiger partial charge in [0.05, 0.1) is 29.8 Å². The molecule has 1 atom stereocenters. The molecule has 7 heteroatoms. The molecule has 3 heterocycles. The fraction of sp³-hybridized carbons (Fsp3) is 0.400. The third-order valence-electron chi connectivity index (χ3n) is 4.93. The van der Waals surface area contributed by atoms with Crippen molar-refractivity contribution in [2.45, 2.75) is 26.7 Å². The molecule has 1 saturated heterocycles. The quantitative estimate of drug-likeness (QED) is 0.662. The van der Waals surface area contributed by atoms with Crippen LogP contribution >= 0.6 is 0 Å². The van der Waals surface area contributed by atoms with Gasteiger partial charge in [-0.25, -0.2) is 14.6 Å². The number of aromatic nitrogens is 4. The summed E-state index contributed by atoms with van der Waals surface area (Å²) in [7, 11) is 0. The number of carbonyl (C=O) groups excluding carboxylic acids is 1. The summed E-state index contributed by atoms with van der Waals surface area (Å²) in [6.07, 6.45) is 5.16. The fourth-order valence-electron chi connectivity index (χ4n) is 3.65. The molecule has 0 amide bonds. The van der Waals surface area contributed by atoms with E-state index in [9.17, 15) is 4.79 Å². The van der Waals surface area contributed by atoms with Crippen LogP contribution in [0.1, 0.15) is 25.3 Å². The number of nitrogens with zero attached hydrogens (tertiary/aromatic N) is 5. The van der Waals surface area contributed by atoms with Crippen LogP contribution in [-0.2, 0) is 9.53 Å². The van der Waals surface area contributed by atoms with Gasteiger partial charge >= 0.3 is 5.97 Å². The van der Waals surface area contributed by atoms with Crippen molar-refractivity contribution in [1.29, 1.82) is 0 Å². The maximum Gasteiger partial charge on any atom is 0.310 e. The van der Waals surface area contributed by atoms with Gasteiger partial charge in [0, 0.05) is 13.1 Å². The minimum atomic E-state index is -0.122. The first kappa shape index (κ1) is 17.5. The lowest BCUT2D eigenvalue weighted by molar-refractivity contribution is -0.148. The SMILES string of the molecule is CCOC(=O)[C@@H]1CCCN(c2ncnc3c2cnn3-c2cccc(C)c2)C1. The van der Waals surface area contributed by atoms with Crippen LogP contribution in [0.4, 0.5) is 5.82 Å². The van der Waals surface area contributed by atoms with Crippen LogP contribution in [0.5, 0.6) is 0 Å². The lowest BCUT2D eigenvalue weighted by atomic mass is 9.98. The molecule has 0 spiro atoms. The second kappa shape index (κ2) is 7.34. The van der Waals surface area contributed by atoms with E-state index < -0.39 is 0 Å². The highest BCUT2D eigenvalue weighted by Gasteiger charge is 2.29. The highest BCUT2D eigenvalue weighted by molar-refractivity contribution is 5.88. The molecule has 3 aromatic rings. The van der Waals surface area contributed by atoms with Gasteiger partial charge < -0.3 is 9.64 Å². The van der Waals surface area contributed by atoms with Crippen LogP contribution < -0.4 is 4.90 Å². The lowest BCUT2D eigenvalue weighted by Gasteiger charge is -2.32. The molecule has 1 aliphatic heterocycles. The normalized spacial score (nSPS) is 17.3. The van der Waals surface area contributed by atoms with Crippen molar-refractivity contribution in [1.82, 2.24) is 19.7 Å². The third-order valence-corrected chi connectivity index (χ3v) is 4.93. The van der Waals surface area contributed by atoms with E-state index in [0.717, 1.165) is 41.9 Å². The summed E-state index contributed by atoms with van der Waals surface area (Å²) in [6, 6.07) is 8.15. The molecule has 0 bridgehead atoms. The average Bonchev–Trinajstić information content (AvgIpc) is 3.12. The average molecular weight is 365 g/mol. The molecule has 1 aromatic carbocycles. The Labute approximate surface area is 158 Å². The Bertz CT molecular complexity index is 968. The molecular formula is C20H23N5O2. The maximum absolute atomic E-state index is 12.2. The highest BCUT2D eigenvalue weighted by atomic mass is 16.5. The molecule has 0 radical (unpaired) electrons. The van der Waals surface area contributed by atoms with Gasteiger partial charge in [-0.05, 0) is 44.4 Å². The van der Waals surface area contributed by atoms with Crippen LogP contribution in [0.25, 0.3) is 16.7 Å². The van der Waals surface area contributed by atoms with Crippen LogP contribution in [0.2, 0.25) is 0 Å². The van der Waals surface area contributed by atoms with Gasteiger partial charge in [-0.15, -0.1) is 0 Å². The molecule has 140 valence electrons. The summed E-state index contributed by atoms with van der Waals surface area (Å²) in [5, 5.41) is 5.43. The van der Waals surface area contributed by atoms with Gasteiger partial charge in [0.2, 0.25) is 0 Å². The number of esters is 1. The summed E-state index contributed by atoms with van der Waals surface area (Å²) in [4.78, 5) is 23.3. The number of fused-ring (bicyclic) bond motifs is 1. The van der Waals surface area contributed by atoms with Crippen molar-refractivity contribution in [3.8, 4) is 5.69 Å². The van der Waals surface area contributed by atoms with Crippen LogP contribution in [-0.4, -0.2) is 45.4 Å². The predicted molar refractivity (Wildman–Crippen MR) is 103 cm³/mol. The van der Waals surface area contributed by atoms with Gasteiger partial charge in [0.1, 0.15) is 12.1 Å². The molecule has 1 fully saturated rings. The Morgan fingerprint density at radius 2 is 2.22 bits per heavy atom. The van der Waals surface area contributed by atoms with Gasteiger partial charge in [-0.3, -0.25) is 4.79 Å². The molecule has 1 aliphatic rings. The molecule has 0 saturated carbocycles. The summed E-state index contributed by atoms with van der Waals surface area (Å²) in [5.74, 6) is 0.589. The zero-order chi connectivity index (χ0) is 18.8. The largest absolute Gasteiger partial charge is 0.466 e. The Kier molecular flexibility index (Phi) is 4.75. The number of carbonyl (C=O) groups is 1. The molecule has 27 heavy (non-hydrogen) atoms. The highest BCUT2D eigenvalue weighted by Crippen LogP contribution is 2.29. The number of aryl methyl sites for hydroxylation is 1. The van der Waals surface area contributed by atoms with Crippen molar-refractivity contribution in [3.63, 3.8) is 0 Å². The van der Waals surface area contributed by atoms with Gasteiger partial charge in [0.25, 0.3) is 0 Å². The number of hydrogen-bond acceptors (Lipinski definition) is 6. The minimum Gasteiger partial charge on any atom is -0.466 e. The first-order chi connectivity index (χ1) is 13.2. The number of hydrogen-bond donors (Lipinski definition) is 0. The Balaban J connectivity index is 1.68. The van der Waals surface area contributed by atoms with Crippen LogP contribution in [0.15, 0.2) is 36.8 Å². The zero-order valence-electron chi connectivity index (χ0n) is 15.6. The number of piperidine rings is 1. The summed E-state index contributed by atoms with van der Waals surface area (Å²) in [6.45, 7) is 5.78. The van der Waals surface area contributed by atoms with E-state index in [1.165, 1.54) is 5.56 Å². The molecule has 0 N–H and O–H groups in total. The predicted octanol–water partition coefficient (Wildman–Crippen LogP) is 2.90. The van der Waals surface area contributed by atoms with Crippen molar-refractivity contribution in [3.05, 3.63) is 42.4 Å². The monoisotopic (exact) mass is 365 g/mol. The van der Waals surface area contributed by atoms with Crippen molar-refractivity contribution in [2.24, 2.45) is 5.92 Å². The summed E-state index contributed by atoms with van der Waals surface area (Å²) in [5.41, 5.74) is 2.90. The standard InChI is InChI=1S/C20H23N5O2/c1-3-27-20(26)15-7-5-9-24(12-15)18-17-11-23-25(19(17)22-13-21-18)16-8-4-6-14(2)10-16/h4,6,8,10-11,13,15H,3,5,7,9,12H2,1-2H3/t15-/m1/s1. The number of benzene rings is 1. The topological polar surface area (TPSA) is 73.1 Å². The van der Waals surface area contributed by atoms with E-state index in [2.05, 4.69) is 39.0 Å². The Morgan fingerprint density at radius 3 is 3.04 bits per heavy atom. The van der Waals surface area contributed by atoms with Crippen molar-refractivity contribution < 1.29 is 9.53 Å². The molecule has 7 nitrogen and oxygen atoms in total. The summed E-state index contributed by atoms with van der Waals surface area (Å²) < 4.78 is 7.04. The first-order valence-corrected chi connectivity index (χ1v) is 9.34. The third kappa shape index (κ3) is 3.37. The van der Waals surface area contributed by atoms with E-state index in [4.69, 9.17) is 4.74 Å². The maximum atomic E-state index is 12.2. The Hall–Kier alpha value is -2.96. The van der Waals surface area contributed by atoms with E-state index in [-0.39, 0.29) is 11.9 Å². The van der Waals surface area contributed by atoms with Crippen molar-refractivity contribution >= 4 is 22.8 Å². The van der Waals surface area contributed by atoms with E-state index in [1.807, 2.05) is 23.7 Å². The van der Waals surface area contributed by atoms with Gasteiger partial charge in [-0.2, -0.15) is 5.10 Å². The number of rotatable bonds is 4. The van der Waals surface area contributed by atoms with Gasteiger partial charge in [-0.1, -0.05) is 12.1 Å². The lowest BCUT2D eigenvalue weighted by Crippen LogP contribution is -2.40. The molecular weight excluding hydrogens is 342 g/mol. The smallest absolute Gasteiger partial charge is 0.310 e. The van der Waals surface area contributed by atoms with E-state index in [1.54, 1.807) is 12.5 Å². The number of anilines is 1. The van der Waals surface area contributed by atoms with E-state index in [0.29, 0.717) is 13.2 Å². The first-order valence-electron chi connectivity index (χ1n) is 9.34. The second-order valence-corrected chi connectivity index (χ2v) is 6.87. The summed E-state index contributed by atoms with van der Waals surface area (Å²) >= 11 is 0. The fourth-order valence-corrected chi connectivity index (χ4v) is 3.65. The molecule has 2 aromatic heterocycles. The zero-order valence-corrected chi connectivity index (χ0v) is 15.6. The molecule has 0 unspecified atom stereocenters. The molecule has 0 aliphatic carbocycles. The molecule has 4 rings (SSSR count). The van der Waals surface area contributed by atoms with Crippen LogP contribution in [0.3, 0.4) is 0 Å². The van der Waals surface area contributed by atoms with E-state index >= 15 is 0 Å². The van der Waals surface area contributed by atoms with Gasteiger partial charge in [0.15, 0.2) is 5.65 Å². The number of ether oxygens (including phenoxy) is 1. The minimum absolute atomic E-state index is 0.115. The Morgan fingerprint density at radius 1 is 1.33 bits per heavy atom. The second-order valence-electron chi connectivity index (χ2n) is 6.87.